The Kier molecular flexibility index (Phi) is 4.81. The highest BCUT2D eigenvalue weighted by molar-refractivity contribution is 5.73. The summed E-state index contributed by atoms with van der Waals surface area (Å²) in [6.45, 7) is 8.14. The summed E-state index contributed by atoms with van der Waals surface area (Å²) in [5, 5.41) is 3.35. The van der Waals surface area contributed by atoms with Gasteiger partial charge in [-0.3, -0.25) is 4.79 Å². The number of carbonyl (C=O) groups excluding carboxylic acids is 1. The summed E-state index contributed by atoms with van der Waals surface area (Å²) in [5.41, 5.74) is 1.82. The molecule has 110 valence electrons. The molecule has 1 aliphatic rings. The van der Waals surface area contributed by atoms with E-state index in [0.29, 0.717) is 12.3 Å². The first-order chi connectivity index (χ1) is 9.49. The van der Waals surface area contributed by atoms with Crippen molar-refractivity contribution in [2.45, 2.75) is 45.6 Å². The van der Waals surface area contributed by atoms with Crippen LogP contribution in [0.5, 0.6) is 0 Å². The first-order valence-corrected chi connectivity index (χ1v) is 7.46. The molecule has 0 spiro atoms. The monoisotopic (exact) mass is 275 g/mol. The number of aryl methyl sites for hydroxylation is 1. The molecule has 1 aliphatic heterocycles. The molecule has 0 amide bonds. The zero-order valence-electron chi connectivity index (χ0n) is 12.7. The third-order valence-electron chi connectivity index (χ3n) is 4.30. The van der Waals surface area contributed by atoms with Gasteiger partial charge in [-0.25, -0.2) is 0 Å². The van der Waals surface area contributed by atoms with Gasteiger partial charge < -0.3 is 10.1 Å². The molecule has 2 rings (SSSR count). The Bertz CT molecular complexity index is 462. The lowest BCUT2D eigenvalue weighted by molar-refractivity contribution is -0.161. The van der Waals surface area contributed by atoms with Crippen LogP contribution in [0.15, 0.2) is 24.3 Å². The standard InChI is InChI=1S/C17H25NO2/c1-13-6-4-5-7-14(13)12-16(19)20-17(2,3)15-8-10-18-11-9-15/h4-7,15,18H,8-12H2,1-3H3. The second kappa shape index (κ2) is 6.40. The molecule has 1 fully saturated rings. The van der Waals surface area contributed by atoms with Gasteiger partial charge in [0.05, 0.1) is 6.42 Å². The summed E-state index contributed by atoms with van der Waals surface area (Å²) in [7, 11) is 0. The fraction of sp³-hybridized carbons (Fsp3) is 0.588. The summed E-state index contributed by atoms with van der Waals surface area (Å²) < 4.78 is 5.77. The van der Waals surface area contributed by atoms with Crippen LogP contribution >= 0.6 is 0 Å². The number of hydrogen-bond donors (Lipinski definition) is 1. The van der Waals surface area contributed by atoms with Crippen molar-refractivity contribution in [3.8, 4) is 0 Å². The Morgan fingerprint density at radius 2 is 1.95 bits per heavy atom. The van der Waals surface area contributed by atoms with Crippen LogP contribution < -0.4 is 5.32 Å². The maximum absolute atomic E-state index is 12.2. The predicted octanol–water partition coefficient (Wildman–Crippen LogP) is 2.86. The van der Waals surface area contributed by atoms with Crippen molar-refractivity contribution in [2.24, 2.45) is 5.92 Å². The van der Waals surface area contributed by atoms with Gasteiger partial charge in [-0.05, 0) is 57.8 Å². The summed E-state index contributed by atoms with van der Waals surface area (Å²) >= 11 is 0. The highest BCUT2D eigenvalue weighted by Gasteiger charge is 2.34. The second-order valence-electron chi connectivity index (χ2n) is 6.21. The van der Waals surface area contributed by atoms with E-state index in [2.05, 4.69) is 5.32 Å². The molecule has 0 aliphatic carbocycles. The van der Waals surface area contributed by atoms with E-state index in [1.165, 1.54) is 0 Å². The zero-order valence-corrected chi connectivity index (χ0v) is 12.7. The fourth-order valence-electron chi connectivity index (χ4n) is 2.89. The maximum Gasteiger partial charge on any atom is 0.310 e. The van der Waals surface area contributed by atoms with Crippen LogP contribution in [0.1, 0.15) is 37.8 Å². The molecule has 1 heterocycles. The number of ether oxygens (including phenoxy) is 1. The topological polar surface area (TPSA) is 38.3 Å². The van der Waals surface area contributed by atoms with Gasteiger partial charge in [-0.2, -0.15) is 0 Å². The number of benzene rings is 1. The van der Waals surface area contributed by atoms with Crippen molar-refractivity contribution < 1.29 is 9.53 Å². The SMILES string of the molecule is Cc1ccccc1CC(=O)OC(C)(C)C1CCNCC1. The number of piperidine rings is 1. The van der Waals surface area contributed by atoms with Gasteiger partial charge in [0, 0.05) is 5.92 Å². The van der Waals surface area contributed by atoms with Crippen LogP contribution in [0.25, 0.3) is 0 Å². The summed E-state index contributed by atoms with van der Waals surface area (Å²) in [6.07, 6.45) is 2.51. The zero-order chi connectivity index (χ0) is 14.6. The van der Waals surface area contributed by atoms with Gasteiger partial charge in [0.2, 0.25) is 0 Å². The van der Waals surface area contributed by atoms with Crippen LogP contribution in [-0.4, -0.2) is 24.7 Å². The van der Waals surface area contributed by atoms with Crippen molar-refractivity contribution in [3.05, 3.63) is 35.4 Å². The molecule has 0 radical (unpaired) electrons. The number of esters is 1. The summed E-state index contributed by atoms with van der Waals surface area (Å²) in [6, 6.07) is 7.98. The Balaban J connectivity index is 1.94. The second-order valence-corrected chi connectivity index (χ2v) is 6.21. The Morgan fingerprint density at radius 3 is 2.60 bits per heavy atom. The third kappa shape index (κ3) is 3.83. The third-order valence-corrected chi connectivity index (χ3v) is 4.30. The molecule has 1 aromatic carbocycles. The van der Waals surface area contributed by atoms with Crippen LogP contribution in [0, 0.1) is 12.8 Å². The molecule has 20 heavy (non-hydrogen) atoms. The van der Waals surface area contributed by atoms with Gasteiger partial charge in [-0.15, -0.1) is 0 Å². The van der Waals surface area contributed by atoms with Crippen molar-refractivity contribution in [2.75, 3.05) is 13.1 Å². The van der Waals surface area contributed by atoms with E-state index < -0.39 is 0 Å². The van der Waals surface area contributed by atoms with E-state index >= 15 is 0 Å². The van der Waals surface area contributed by atoms with Gasteiger partial charge in [0.25, 0.3) is 0 Å². The van der Waals surface area contributed by atoms with Crippen LogP contribution in [-0.2, 0) is 16.0 Å². The van der Waals surface area contributed by atoms with Crippen LogP contribution in [0.2, 0.25) is 0 Å². The van der Waals surface area contributed by atoms with Crippen molar-refractivity contribution in [1.82, 2.24) is 5.32 Å². The largest absolute Gasteiger partial charge is 0.459 e. The molecule has 1 saturated heterocycles. The molecule has 0 atom stereocenters. The highest BCUT2D eigenvalue weighted by Crippen LogP contribution is 2.29. The van der Waals surface area contributed by atoms with Gasteiger partial charge in [0.15, 0.2) is 0 Å². The van der Waals surface area contributed by atoms with E-state index in [1.54, 1.807) is 0 Å². The molecule has 0 aromatic heterocycles. The van der Waals surface area contributed by atoms with Gasteiger partial charge >= 0.3 is 5.97 Å². The summed E-state index contributed by atoms with van der Waals surface area (Å²) in [4.78, 5) is 12.2. The Morgan fingerprint density at radius 1 is 1.30 bits per heavy atom. The van der Waals surface area contributed by atoms with E-state index in [4.69, 9.17) is 4.74 Å². The normalized spacial score (nSPS) is 16.9. The molecule has 0 unspecified atom stereocenters. The average Bonchev–Trinajstić information content (AvgIpc) is 2.42. The quantitative estimate of drug-likeness (QED) is 0.859. The lowest BCUT2D eigenvalue weighted by atomic mass is 9.83. The van der Waals surface area contributed by atoms with Crippen LogP contribution in [0.3, 0.4) is 0 Å². The minimum absolute atomic E-state index is 0.122. The number of hydrogen-bond acceptors (Lipinski definition) is 3. The maximum atomic E-state index is 12.2. The van der Waals surface area contributed by atoms with Crippen molar-refractivity contribution >= 4 is 5.97 Å². The Labute approximate surface area is 121 Å². The number of carbonyl (C=O) groups is 1. The fourth-order valence-corrected chi connectivity index (χ4v) is 2.89. The van der Waals surface area contributed by atoms with Crippen molar-refractivity contribution in [3.63, 3.8) is 0 Å². The van der Waals surface area contributed by atoms with Crippen LogP contribution in [0.4, 0.5) is 0 Å². The lowest BCUT2D eigenvalue weighted by Gasteiger charge is -2.36. The molecule has 1 aromatic rings. The number of nitrogens with one attached hydrogen (secondary N) is 1. The first kappa shape index (κ1) is 15.0. The smallest absolute Gasteiger partial charge is 0.310 e. The van der Waals surface area contributed by atoms with E-state index in [1.807, 2.05) is 45.0 Å². The van der Waals surface area contributed by atoms with E-state index in [-0.39, 0.29) is 11.6 Å². The van der Waals surface area contributed by atoms with Gasteiger partial charge in [0.1, 0.15) is 5.60 Å². The van der Waals surface area contributed by atoms with E-state index in [0.717, 1.165) is 37.1 Å². The molecule has 0 saturated carbocycles. The first-order valence-electron chi connectivity index (χ1n) is 7.46. The molecule has 0 bridgehead atoms. The van der Waals surface area contributed by atoms with E-state index in [9.17, 15) is 4.79 Å². The molecular weight excluding hydrogens is 250 g/mol. The highest BCUT2D eigenvalue weighted by atomic mass is 16.6. The van der Waals surface area contributed by atoms with Crippen molar-refractivity contribution in [1.29, 1.82) is 0 Å². The molecular formula is C17H25NO2. The van der Waals surface area contributed by atoms with Gasteiger partial charge in [-0.1, -0.05) is 24.3 Å². The molecule has 1 N–H and O–H groups in total. The minimum Gasteiger partial charge on any atom is -0.459 e. The average molecular weight is 275 g/mol. The predicted molar refractivity (Wildman–Crippen MR) is 80.6 cm³/mol. The number of rotatable bonds is 4. The lowest BCUT2D eigenvalue weighted by Crippen LogP contribution is -2.43. The molecule has 3 heteroatoms. The molecule has 3 nitrogen and oxygen atoms in total. The summed E-state index contributed by atoms with van der Waals surface area (Å²) in [5.74, 6) is 0.326. The minimum atomic E-state index is -0.373. The Hall–Kier alpha value is -1.35.